The minimum absolute atomic E-state index is 0. The zero-order chi connectivity index (χ0) is 10.7. The van der Waals surface area contributed by atoms with Crippen LogP contribution >= 0.6 is 12.4 Å². The van der Waals surface area contributed by atoms with E-state index in [4.69, 9.17) is 4.74 Å². The van der Waals surface area contributed by atoms with Crippen LogP contribution in [0.2, 0.25) is 0 Å². The molecule has 2 aliphatic rings. The van der Waals surface area contributed by atoms with Gasteiger partial charge in [0.1, 0.15) is 0 Å². The number of carbonyl (C=O) groups is 1. The fourth-order valence-corrected chi connectivity index (χ4v) is 2.40. The number of amides is 1. The van der Waals surface area contributed by atoms with Gasteiger partial charge in [-0.1, -0.05) is 0 Å². The van der Waals surface area contributed by atoms with Crippen molar-refractivity contribution in [3.05, 3.63) is 0 Å². The second-order valence-electron chi connectivity index (χ2n) is 4.45. The molecule has 94 valence electrons. The third-order valence-electron chi connectivity index (χ3n) is 3.48. The maximum Gasteiger partial charge on any atom is 0.225 e. The van der Waals surface area contributed by atoms with Crippen LogP contribution in [-0.4, -0.2) is 50.2 Å². The maximum absolute atomic E-state index is 12.1. The van der Waals surface area contributed by atoms with Crippen molar-refractivity contribution < 1.29 is 9.53 Å². The van der Waals surface area contributed by atoms with Crippen LogP contribution in [0.5, 0.6) is 0 Å². The highest BCUT2D eigenvalue weighted by Gasteiger charge is 2.30. The first kappa shape index (κ1) is 13.7. The molecule has 1 N–H and O–H groups in total. The molecule has 0 saturated carbocycles. The number of hydrogen-bond donors (Lipinski definition) is 1. The summed E-state index contributed by atoms with van der Waals surface area (Å²) in [7, 11) is 1.97. The quantitative estimate of drug-likeness (QED) is 0.781. The van der Waals surface area contributed by atoms with Crippen LogP contribution in [0.1, 0.15) is 19.3 Å². The third-order valence-corrected chi connectivity index (χ3v) is 3.48. The van der Waals surface area contributed by atoms with Gasteiger partial charge in [0.2, 0.25) is 5.91 Å². The van der Waals surface area contributed by atoms with E-state index in [1.807, 2.05) is 11.9 Å². The van der Waals surface area contributed by atoms with Crippen molar-refractivity contribution in [3.63, 3.8) is 0 Å². The molecule has 0 bridgehead atoms. The highest BCUT2D eigenvalue weighted by atomic mass is 35.5. The molecule has 0 radical (unpaired) electrons. The van der Waals surface area contributed by atoms with Crippen molar-refractivity contribution >= 4 is 18.3 Å². The van der Waals surface area contributed by atoms with Crippen LogP contribution in [0.3, 0.4) is 0 Å². The van der Waals surface area contributed by atoms with Gasteiger partial charge in [-0.2, -0.15) is 0 Å². The Morgan fingerprint density at radius 3 is 2.56 bits per heavy atom. The average Bonchev–Trinajstić information content (AvgIpc) is 2.78. The summed E-state index contributed by atoms with van der Waals surface area (Å²) in [4.78, 5) is 14.1. The molecule has 16 heavy (non-hydrogen) atoms. The molecule has 0 aromatic rings. The molecule has 2 aliphatic heterocycles. The van der Waals surface area contributed by atoms with Gasteiger partial charge in [-0.15, -0.1) is 12.4 Å². The van der Waals surface area contributed by atoms with Gasteiger partial charge in [0.25, 0.3) is 0 Å². The van der Waals surface area contributed by atoms with Gasteiger partial charge in [0.15, 0.2) is 0 Å². The Bertz CT molecular complexity index is 232. The van der Waals surface area contributed by atoms with E-state index in [1.165, 1.54) is 0 Å². The molecule has 2 heterocycles. The van der Waals surface area contributed by atoms with E-state index < -0.39 is 0 Å². The van der Waals surface area contributed by atoms with Crippen molar-refractivity contribution in [1.29, 1.82) is 0 Å². The lowest BCUT2D eigenvalue weighted by Crippen LogP contribution is -2.39. The predicted octanol–water partition coefficient (Wildman–Crippen LogP) is 0.655. The van der Waals surface area contributed by atoms with Gasteiger partial charge in [-0.05, 0) is 26.3 Å². The van der Waals surface area contributed by atoms with E-state index in [2.05, 4.69) is 5.32 Å². The average molecular weight is 249 g/mol. The molecule has 5 heteroatoms. The summed E-state index contributed by atoms with van der Waals surface area (Å²) in [5.74, 6) is 0.561. The number of halogens is 1. The minimum Gasteiger partial charge on any atom is -0.381 e. The molecule has 4 nitrogen and oxygen atoms in total. The lowest BCUT2D eigenvalue weighted by Gasteiger charge is -2.26. The maximum atomic E-state index is 12.1. The van der Waals surface area contributed by atoms with Crippen LogP contribution in [0, 0.1) is 5.92 Å². The molecule has 2 saturated heterocycles. The number of nitrogens with one attached hydrogen (secondary N) is 1. The molecule has 0 aromatic carbocycles. The van der Waals surface area contributed by atoms with Crippen LogP contribution < -0.4 is 5.32 Å². The van der Waals surface area contributed by atoms with Crippen LogP contribution in [-0.2, 0) is 9.53 Å². The first-order valence-electron chi connectivity index (χ1n) is 5.85. The fraction of sp³-hybridized carbons (Fsp3) is 0.909. The zero-order valence-electron chi connectivity index (χ0n) is 9.78. The normalized spacial score (nSPS) is 26.6. The number of hydrogen-bond acceptors (Lipinski definition) is 3. The molecule has 2 fully saturated rings. The lowest BCUT2D eigenvalue weighted by molar-refractivity contribution is -0.137. The number of likely N-dealkylation sites (N-methyl/N-ethyl adjacent to an activating group) is 1. The van der Waals surface area contributed by atoms with E-state index in [9.17, 15) is 4.79 Å². The first-order chi connectivity index (χ1) is 7.31. The molecule has 0 aromatic heterocycles. The van der Waals surface area contributed by atoms with E-state index in [1.54, 1.807) is 0 Å². The Hall–Kier alpha value is -0.320. The second-order valence-corrected chi connectivity index (χ2v) is 4.45. The van der Waals surface area contributed by atoms with Crippen molar-refractivity contribution in [2.45, 2.75) is 25.3 Å². The Labute approximate surface area is 103 Å². The summed E-state index contributed by atoms with van der Waals surface area (Å²) >= 11 is 0. The highest BCUT2D eigenvalue weighted by molar-refractivity contribution is 5.85. The SMILES string of the molecule is CN[C@@H]1CCN(C(=O)C2CCOCC2)C1.Cl. The van der Waals surface area contributed by atoms with Crippen molar-refractivity contribution in [3.8, 4) is 0 Å². The summed E-state index contributed by atoms with van der Waals surface area (Å²) in [6, 6.07) is 0.494. The lowest BCUT2D eigenvalue weighted by atomic mass is 9.99. The second kappa shape index (κ2) is 6.42. The monoisotopic (exact) mass is 248 g/mol. The van der Waals surface area contributed by atoms with E-state index in [0.29, 0.717) is 11.9 Å². The molecule has 1 atom stereocenters. The van der Waals surface area contributed by atoms with Gasteiger partial charge in [-0.3, -0.25) is 4.79 Å². The Kier molecular flexibility index (Phi) is 5.52. The standard InChI is InChI=1S/C11H20N2O2.ClH/c1-12-10-2-5-13(8-10)11(14)9-3-6-15-7-4-9;/h9-10,12H,2-8H2,1H3;1H/t10-;/m1./s1. The number of carbonyl (C=O) groups excluding carboxylic acids is 1. The highest BCUT2D eigenvalue weighted by Crippen LogP contribution is 2.20. The smallest absolute Gasteiger partial charge is 0.225 e. The van der Waals surface area contributed by atoms with Gasteiger partial charge in [0.05, 0.1) is 0 Å². The Balaban J connectivity index is 0.00000128. The van der Waals surface area contributed by atoms with Crippen molar-refractivity contribution in [1.82, 2.24) is 10.2 Å². The van der Waals surface area contributed by atoms with E-state index in [0.717, 1.165) is 45.6 Å². The zero-order valence-corrected chi connectivity index (χ0v) is 10.6. The fourth-order valence-electron chi connectivity index (χ4n) is 2.40. The van der Waals surface area contributed by atoms with Crippen molar-refractivity contribution in [2.24, 2.45) is 5.92 Å². The molecule has 2 rings (SSSR count). The van der Waals surface area contributed by atoms with Gasteiger partial charge >= 0.3 is 0 Å². The number of likely N-dealkylation sites (tertiary alicyclic amines) is 1. The predicted molar refractivity (Wildman–Crippen MR) is 64.8 cm³/mol. The van der Waals surface area contributed by atoms with E-state index >= 15 is 0 Å². The first-order valence-corrected chi connectivity index (χ1v) is 5.85. The summed E-state index contributed by atoms with van der Waals surface area (Å²) < 4.78 is 5.27. The van der Waals surface area contributed by atoms with Crippen molar-refractivity contribution in [2.75, 3.05) is 33.4 Å². The summed E-state index contributed by atoms with van der Waals surface area (Å²) in [5.41, 5.74) is 0. The largest absolute Gasteiger partial charge is 0.381 e. The number of ether oxygens (including phenoxy) is 1. The number of rotatable bonds is 2. The number of nitrogens with zero attached hydrogens (tertiary/aromatic N) is 1. The minimum atomic E-state index is 0. The van der Waals surface area contributed by atoms with E-state index in [-0.39, 0.29) is 18.3 Å². The topological polar surface area (TPSA) is 41.6 Å². The van der Waals surface area contributed by atoms with Crippen LogP contribution in [0.4, 0.5) is 0 Å². The molecule has 0 unspecified atom stereocenters. The van der Waals surface area contributed by atoms with Gasteiger partial charge in [0, 0.05) is 38.3 Å². The van der Waals surface area contributed by atoms with Gasteiger partial charge < -0.3 is 15.0 Å². The molecular formula is C11H21ClN2O2. The summed E-state index contributed by atoms with van der Waals surface area (Å²) in [6.45, 7) is 3.30. The summed E-state index contributed by atoms with van der Waals surface area (Å²) in [5, 5.41) is 3.23. The van der Waals surface area contributed by atoms with Gasteiger partial charge in [-0.25, -0.2) is 0 Å². The molecule has 0 aliphatic carbocycles. The summed E-state index contributed by atoms with van der Waals surface area (Å²) in [6.07, 6.45) is 2.89. The van der Waals surface area contributed by atoms with Crippen LogP contribution in [0.15, 0.2) is 0 Å². The molecule has 1 amide bonds. The molecular weight excluding hydrogens is 228 g/mol. The molecule has 0 spiro atoms. The Morgan fingerprint density at radius 1 is 1.31 bits per heavy atom. The van der Waals surface area contributed by atoms with Crippen LogP contribution in [0.25, 0.3) is 0 Å². The third kappa shape index (κ3) is 3.09. The Morgan fingerprint density at radius 2 is 2.00 bits per heavy atom.